The van der Waals surface area contributed by atoms with Gasteiger partial charge in [0.25, 0.3) is 5.91 Å². The van der Waals surface area contributed by atoms with Gasteiger partial charge < -0.3 is 15.4 Å². The second-order valence-electron chi connectivity index (χ2n) is 6.89. The van der Waals surface area contributed by atoms with E-state index in [-0.39, 0.29) is 11.9 Å². The molecule has 2 N–H and O–H groups in total. The Bertz CT molecular complexity index is 610. The first-order valence-corrected chi connectivity index (χ1v) is 8.49. The van der Waals surface area contributed by atoms with Crippen molar-refractivity contribution in [1.29, 1.82) is 0 Å². The van der Waals surface area contributed by atoms with E-state index in [9.17, 15) is 9.59 Å². The van der Waals surface area contributed by atoms with Gasteiger partial charge in [-0.05, 0) is 56.5 Å². The molecular formula is C18H25N3O3. The summed E-state index contributed by atoms with van der Waals surface area (Å²) in [6.07, 6.45) is 2.46. The van der Waals surface area contributed by atoms with E-state index >= 15 is 0 Å². The lowest BCUT2D eigenvalue weighted by atomic mass is 9.92. The Balaban J connectivity index is 1.64. The highest BCUT2D eigenvalue weighted by Gasteiger charge is 2.47. The molecule has 0 spiro atoms. The van der Waals surface area contributed by atoms with Crippen LogP contribution in [0.1, 0.15) is 25.3 Å². The van der Waals surface area contributed by atoms with Crippen LogP contribution in [0.25, 0.3) is 0 Å². The summed E-state index contributed by atoms with van der Waals surface area (Å²) in [5, 5.41) is 6.19. The quantitative estimate of drug-likeness (QED) is 0.776. The SMILES string of the molecule is COc1ccc(CC2(C)NC(=O)N(CCC3CCNC3)C2=O)cc1. The summed E-state index contributed by atoms with van der Waals surface area (Å²) in [6.45, 7) is 4.30. The molecule has 2 fully saturated rings. The third-order valence-electron chi connectivity index (χ3n) is 4.99. The molecule has 6 heteroatoms. The monoisotopic (exact) mass is 331 g/mol. The predicted molar refractivity (Wildman–Crippen MR) is 90.9 cm³/mol. The van der Waals surface area contributed by atoms with E-state index in [4.69, 9.17) is 4.74 Å². The minimum absolute atomic E-state index is 0.130. The van der Waals surface area contributed by atoms with Gasteiger partial charge in [-0.1, -0.05) is 12.1 Å². The zero-order valence-corrected chi connectivity index (χ0v) is 14.3. The van der Waals surface area contributed by atoms with Crippen molar-refractivity contribution in [1.82, 2.24) is 15.5 Å². The third kappa shape index (κ3) is 3.38. The zero-order chi connectivity index (χ0) is 17.2. The molecule has 1 aromatic rings. The van der Waals surface area contributed by atoms with Crippen LogP contribution in [0.3, 0.4) is 0 Å². The molecule has 1 aromatic carbocycles. The van der Waals surface area contributed by atoms with Gasteiger partial charge in [0.2, 0.25) is 0 Å². The molecule has 3 amide bonds. The van der Waals surface area contributed by atoms with Gasteiger partial charge in [-0.15, -0.1) is 0 Å². The minimum Gasteiger partial charge on any atom is -0.497 e. The van der Waals surface area contributed by atoms with Crippen molar-refractivity contribution < 1.29 is 14.3 Å². The lowest BCUT2D eigenvalue weighted by Crippen LogP contribution is -2.46. The van der Waals surface area contributed by atoms with Crippen LogP contribution in [0.4, 0.5) is 4.79 Å². The fraction of sp³-hybridized carbons (Fsp3) is 0.556. The van der Waals surface area contributed by atoms with Crippen LogP contribution in [0.2, 0.25) is 0 Å². The van der Waals surface area contributed by atoms with Gasteiger partial charge in [0.1, 0.15) is 11.3 Å². The van der Waals surface area contributed by atoms with E-state index in [2.05, 4.69) is 10.6 Å². The molecule has 0 aliphatic carbocycles. The molecule has 0 radical (unpaired) electrons. The number of hydrogen-bond donors (Lipinski definition) is 2. The molecule has 2 aliphatic heterocycles. The number of amides is 3. The van der Waals surface area contributed by atoms with Crippen molar-refractivity contribution in [3.8, 4) is 5.75 Å². The number of rotatable bonds is 6. The number of ether oxygens (including phenoxy) is 1. The zero-order valence-electron chi connectivity index (χ0n) is 14.3. The average molecular weight is 331 g/mol. The van der Waals surface area contributed by atoms with Gasteiger partial charge in [0, 0.05) is 13.0 Å². The molecule has 24 heavy (non-hydrogen) atoms. The van der Waals surface area contributed by atoms with Crippen LogP contribution >= 0.6 is 0 Å². The Morgan fingerprint density at radius 1 is 1.29 bits per heavy atom. The van der Waals surface area contributed by atoms with Crippen LogP contribution in [0.15, 0.2) is 24.3 Å². The summed E-state index contributed by atoms with van der Waals surface area (Å²) >= 11 is 0. The van der Waals surface area contributed by atoms with Gasteiger partial charge in [-0.3, -0.25) is 9.69 Å². The van der Waals surface area contributed by atoms with Crippen LogP contribution < -0.4 is 15.4 Å². The summed E-state index contributed by atoms with van der Waals surface area (Å²) in [5.74, 6) is 1.20. The molecule has 0 saturated carbocycles. The first kappa shape index (κ1) is 16.8. The van der Waals surface area contributed by atoms with E-state index in [1.54, 1.807) is 14.0 Å². The van der Waals surface area contributed by atoms with Crippen molar-refractivity contribution in [2.75, 3.05) is 26.7 Å². The Kier molecular flexibility index (Phi) is 4.76. The second-order valence-corrected chi connectivity index (χ2v) is 6.89. The molecule has 6 nitrogen and oxygen atoms in total. The first-order valence-electron chi connectivity index (χ1n) is 8.49. The first-order chi connectivity index (χ1) is 11.5. The van der Waals surface area contributed by atoms with E-state index in [0.717, 1.165) is 37.2 Å². The fourth-order valence-electron chi connectivity index (χ4n) is 3.49. The Labute approximate surface area is 142 Å². The lowest BCUT2D eigenvalue weighted by Gasteiger charge is -2.22. The molecule has 2 saturated heterocycles. The number of carbonyl (C=O) groups is 2. The molecule has 2 unspecified atom stereocenters. The van der Waals surface area contributed by atoms with Gasteiger partial charge in [-0.25, -0.2) is 4.79 Å². The molecule has 2 heterocycles. The standard InChI is InChI=1S/C18H25N3O3/c1-18(11-13-3-5-15(24-2)6-4-13)16(22)21(17(23)20-18)10-8-14-7-9-19-12-14/h3-6,14,19H,7-12H2,1-2H3,(H,20,23). The molecule has 0 aromatic heterocycles. The smallest absolute Gasteiger partial charge is 0.325 e. The van der Waals surface area contributed by atoms with E-state index in [1.165, 1.54) is 4.90 Å². The summed E-state index contributed by atoms with van der Waals surface area (Å²) in [4.78, 5) is 26.4. The molecule has 130 valence electrons. The number of nitrogens with one attached hydrogen (secondary N) is 2. The van der Waals surface area contributed by atoms with Crippen molar-refractivity contribution in [3.05, 3.63) is 29.8 Å². The van der Waals surface area contributed by atoms with E-state index in [1.807, 2.05) is 24.3 Å². The van der Waals surface area contributed by atoms with Crippen LogP contribution in [-0.4, -0.2) is 49.1 Å². The number of carbonyl (C=O) groups excluding carboxylic acids is 2. The summed E-state index contributed by atoms with van der Waals surface area (Å²) < 4.78 is 5.15. The molecule has 0 bridgehead atoms. The van der Waals surface area contributed by atoms with Crippen LogP contribution in [0, 0.1) is 5.92 Å². The van der Waals surface area contributed by atoms with Crippen molar-refractivity contribution in [3.63, 3.8) is 0 Å². The average Bonchev–Trinajstić information content (AvgIpc) is 3.15. The number of nitrogens with zero attached hydrogens (tertiary/aromatic N) is 1. The Hall–Kier alpha value is -2.08. The number of benzene rings is 1. The molecule has 2 aliphatic rings. The maximum atomic E-state index is 12.8. The van der Waals surface area contributed by atoms with E-state index in [0.29, 0.717) is 18.9 Å². The second kappa shape index (κ2) is 6.81. The Morgan fingerprint density at radius 3 is 2.67 bits per heavy atom. The number of imide groups is 1. The predicted octanol–water partition coefficient (Wildman–Crippen LogP) is 1.55. The summed E-state index contributed by atoms with van der Waals surface area (Å²) in [7, 11) is 1.62. The summed E-state index contributed by atoms with van der Waals surface area (Å²) in [6, 6.07) is 7.31. The molecule has 3 rings (SSSR count). The summed E-state index contributed by atoms with van der Waals surface area (Å²) in [5.41, 5.74) is 0.119. The number of urea groups is 1. The number of methoxy groups -OCH3 is 1. The highest BCUT2D eigenvalue weighted by atomic mass is 16.5. The van der Waals surface area contributed by atoms with Gasteiger partial charge in [-0.2, -0.15) is 0 Å². The minimum atomic E-state index is -0.875. The topological polar surface area (TPSA) is 70.7 Å². The lowest BCUT2D eigenvalue weighted by molar-refractivity contribution is -0.130. The van der Waals surface area contributed by atoms with Gasteiger partial charge >= 0.3 is 6.03 Å². The maximum absolute atomic E-state index is 12.8. The third-order valence-corrected chi connectivity index (χ3v) is 4.99. The van der Waals surface area contributed by atoms with Crippen molar-refractivity contribution in [2.24, 2.45) is 5.92 Å². The van der Waals surface area contributed by atoms with Gasteiger partial charge in [0.05, 0.1) is 7.11 Å². The Morgan fingerprint density at radius 2 is 2.04 bits per heavy atom. The van der Waals surface area contributed by atoms with Crippen LogP contribution in [0.5, 0.6) is 5.75 Å². The highest BCUT2D eigenvalue weighted by Crippen LogP contribution is 2.25. The highest BCUT2D eigenvalue weighted by molar-refractivity contribution is 6.06. The van der Waals surface area contributed by atoms with E-state index < -0.39 is 5.54 Å². The van der Waals surface area contributed by atoms with Crippen molar-refractivity contribution in [2.45, 2.75) is 31.7 Å². The van der Waals surface area contributed by atoms with Crippen molar-refractivity contribution >= 4 is 11.9 Å². The fourth-order valence-corrected chi connectivity index (χ4v) is 3.49. The largest absolute Gasteiger partial charge is 0.497 e. The van der Waals surface area contributed by atoms with Gasteiger partial charge in [0.15, 0.2) is 0 Å². The number of hydrogen-bond acceptors (Lipinski definition) is 4. The normalized spacial score (nSPS) is 26.8. The molecule has 2 atom stereocenters. The maximum Gasteiger partial charge on any atom is 0.325 e. The molecular weight excluding hydrogens is 306 g/mol. The van der Waals surface area contributed by atoms with Crippen LogP contribution in [-0.2, 0) is 11.2 Å².